The van der Waals surface area contributed by atoms with Crippen LogP contribution in [0.1, 0.15) is 44.2 Å². The Labute approximate surface area is 213 Å². The summed E-state index contributed by atoms with van der Waals surface area (Å²) in [5.74, 6) is 0.135. The third-order valence-electron chi connectivity index (χ3n) is 6.82. The van der Waals surface area contributed by atoms with Gasteiger partial charge in [0, 0.05) is 42.1 Å². The molecule has 0 spiro atoms. The number of carbonyl (C=O) groups is 2. The van der Waals surface area contributed by atoms with E-state index in [0.29, 0.717) is 25.3 Å². The van der Waals surface area contributed by atoms with Gasteiger partial charge in [0.2, 0.25) is 11.8 Å². The van der Waals surface area contributed by atoms with E-state index in [9.17, 15) is 9.59 Å². The molecule has 0 aliphatic carbocycles. The van der Waals surface area contributed by atoms with Crippen molar-refractivity contribution in [3.8, 4) is 0 Å². The summed E-state index contributed by atoms with van der Waals surface area (Å²) in [5.41, 5.74) is 8.99. The van der Waals surface area contributed by atoms with E-state index in [-0.39, 0.29) is 11.8 Å². The second-order valence-electron chi connectivity index (χ2n) is 10.7. The predicted molar refractivity (Wildman–Crippen MR) is 145 cm³/mol. The Hall–Kier alpha value is -3.38. The summed E-state index contributed by atoms with van der Waals surface area (Å²) in [4.78, 5) is 31.8. The number of hydrogen-bond donors (Lipinski definition) is 3. The lowest BCUT2D eigenvalue weighted by Gasteiger charge is -2.35. The Balaban J connectivity index is 1.49. The van der Waals surface area contributed by atoms with Gasteiger partial charge in [0.05, 0.1) is 0 Å². The van der Waals surface area contributed by atoms with Crippen molar-refractivity contribution in [2.75, 3.05) is 13.1 Å². The Bertz CT molecular complexity index is 1190. The van der Waals surface area contributed by atoms with Gasteiger partial charge >= 0.3 is 0 Å². The Morgan fingerprint density at radius 3 is 2.69 bits per heavy atom. The molecule has 4 N–H and O–H groups in total. The van der Waals surface area contributed by atoms with Gasteiger partial charge in [-0.05, 0) is 68.7 Å². The molecular weight excluding hydrogens is 448 g/mol. The second-order valence-corrected chi connectivity index (χ2v) is 10.7. The number of piperidine rings is 1. The number of nitrogens with zero attached hydrogens (tertiary/aromatic N) is 1. The van der Waals surface area contributed by atoms with Gasteiger partial charge in [-0.1, -0.05) is 54.6 Å². The average molecular weight is 487 g/mol. The SMILES string of the molecule is CC(C)(N)C/C=C/C(=O)N[C@H](Cc1c[nH]c2ccccc12)C(=O)N1CCC[C@H](Cc2ccccc2)C1. The number of H-pyrrole nitrogens is 1. The lowest BCUT2D eigenvalue weighted by Crippen LogP contribution is -2.52. The predicted octanol–water partition coefficient (Wildman–Crippen LogP) is 4.36. The molecule has 0 saturated carbocycles. The molecule has 1 fully saturated rings. The number of rotatable bonds is 9. The van der Waals surface area contributed by atoms with Crippen molar-refractivity contribution in [3.05, 3.63) is 84.1 Å². The minimum absolute atomic E-state index is 0.0149. The summed E-state index contributed by atoms with van der Waals surface area (Å²) in [5, 5.41) is 4.07. The molecule has 6 heteroatoms. The quantitative estimate of drug-likeness (QED) is 0.393. The number of nitrogens with two attached hydrogens (primary N) is 1. The Kier molecular flexibility index (Phi) is 8.26. The smallest absolute Gasteiger partial charge is 0.245 e. The van der Waals surface area contributed by atoms with E-state index in [1.165, 1.54) is 11.6 Å². The molecular formula is C30H38N4O2. The highest BCUT2D eigenvalue weighted by Gasteiger charge is 2.30. The molecule has 1 aromatic heterocycles. The van der Waals surface area contributed by atoms with Crippen LogP contribution in [0.2, 0.25) is 0 Å². The first-order valence-corrected chi connectivity index (χ1v) is 12.9. The zero-order chi connectivity index (χ0) is 25.5. The van der Waals surface area contributed by atoms with Crippen LogP contribution >= 0.6 is 0 Å². The van der Waals surface area contributed by atoms with Crippen molar-refractivity contribution in [1.29, 1.82) is 0 Å². The van der Waals surface area contributed by atoms with Gasteiger partial charge in [0.25, 0.3) is 0 Å². The third kappa shape index (κ3) is 7.08. The van der Waals surface area contributed by atoms with E-state index in [0.717, 1.165) is 42.3 Å². The van der Waals surface area contributed by atoms with E-state index in [2.05, 4.69) is 34.6 Å². The van der Waals surface area contributed by atoms with Crippen LogP contribution < -0.4 is 11.1 Å². The number of amides is 2. The topological polar surface area (TPSA) is 91.2 Å². The molecule has 36 heavy (non-hydrogen) atoms. The zero-order valence-electron chi connectivity index (χ0n) is 21.4. The number of para-hydroxylation sites is 1. The number of aromatic amines is 1. The maximum Gasteiger partial charge on any atom is 0.245 e. The standard InChI is InChI=1S/C30H38N4O2/c1-30(2,31)16-8-15-28(35)33-27(19-24-20-32-26-14-7-6-13-25(24)26)29(36)34-17-9-12-23(21-34)18-22-10-4-3-5-11-22/h3-8,10-11,13-15,20,23,27,32H,9,12,16-19,21,31H2,1-2H3,(H,33,35)/b15-8+/t23-,27-/m1/s1. The minimum atomic E-state index is -0.636. The van der Waals surface area contributed by atoms with Crippen molar-refractivity contribution in [3.63, 3.8) is 0 Å². The number of hydrogen-bond acceptors (Lipinski definition) is 3. The zero-order valence-corrected chi connectivity index (χ0v) is 21.4. The normalized spacial score (nSPS) is 17.4. The summed E-state index contributed by atoms with van der Waals surface area (Å²) in [6.07, 6.45) is 9.27. The Morgan fingerprint density at radius 2 is 1.92 bits per heavy atom. The highest BCUT2D eigenvalue weighted by atomic mass is 16.2. The maximum atomic E-state index is 13.8. The molecule has 1 aliphatic heterocycles. The van der Waals surface area contributed by atoms with Crippen LogP contribution in [-0.4, -0.2) is 46.4 Å². The van der Waals surface area contributed by atoms with Crippen molar-refractivity contribution < 1.29 is 9.59 Å². The molecule has 2 amide bonds. The minimum Gasteiger partial charge on any atom is -0.361 e. The summed E-state index contributed by atoms with van der Waals surface area (Å²) in [6, 6.07) is 17.9. The highest BCUT2D eigenvalue weighted by Crippen LogP contribution is 2.23. The number of benzene rings is 2. The molecule has 3 aromatic rings. The van der Waals surface area contributed by atoms with E-state index in [1.807, 2.05) is 55.3 Å². The van der Waals surface area contributed by atoms with Crippen LogP contribution in [0.15, 0.2) is 72.9 Å². The number of fused-ring (bicyclic) bond motifs is 1. The van der Waals surface area contributed by atoms with Crippen LogP contribution in [-0.2, 0) is 22.4 Å². The first-order chi connectivity index (χ1) is 17.3. The molecule has 6 nitrogen and oxygen atoms in total. The van der Waals surface area contributed by atoms with Crippen molar-refractivity contribution in [1.82, 2.24) is 15.2 Å². The lowest BCUT2D eigenvalue weighted by molar-refractivity contribution is -0.137. The second kappa shape index (κ2) is 11.6. The van der Waals surface area contributed by atoms with Gasteiger partial charge in [0.1, 0.15) is 6.04 Å². The number of carbonyl (C=O) groups excluding carboxylic acids is 2. The fourth-order valence-corrected chi connectivity index (χ4v) is 5.01. The molecule has 2 aromatic carbocycles. The molecule has 190 valence electrons. The van der Waals surface area contributed by atoms with Crippen molar-refractivity contribution in [2.24, 2.45) is 11.7 Å². The van der Waals surface area contributed by atoms with Crippen LogP contribution in [0.3, 0.4) is 0 Å². The van der Waals surface area contributed by atoms with Crippen molar-refractivity contribution >= 4 is 22.7 Å². The number of nitrogens with one attached hydrogen (secondary N) is 2. The monoisotopic (exact) mass is 486 g/mol. The van der Waals surface area contributed by atoms with Gasteiger partial charge in [0.15, 0.2) is 0 Å². The molecule has 0 unspecified atom stereocenters. The van der Waals surface area contributed by atoms with Gasteiger partial charge < -0.3 is 20.9 Å². The van der Waals surface area contributed by atoms with E-state index in [1.54, 1.807) is 6.08 Å². The van der Waals surface area contributed by atoms with Crippen molar-refractivity contribution in [2.45, 2.75) is 57.5 Å². The lowest BCUT2D eigenvalue weighted by atomic mass is 9.90. The Morgan fingerprint density at radius 1 is 1.17 bits per heavy atom. The van der Waals surface area contributed by atoms with E-state index >= 15 is 0 Å². The average Bonchev–Trinajstić information content (AvgIpc) is 3.26. The van der Waals surface area contributed by atoms with Gasteiger partial charge in [-0.3, -0.25) is 9.59 Å². The van der Waals surface area contributed by atoms with Gasteiger partial charge in [-0.2, -0.15) is 0 Å². The summed E-state index contributed by atoms with van der Waals surface area (Å²) < 4.78 is 0. The van der Waals surface area contributed by atoms with Crippen LogP contribution in [0.4, 0.5) is 0 Å². The molecule has 0 bridgehead atoms. The van der Waals surface area contributed by atoms with Crippen LogP contribution in [0, 0.1) is 5.92 Å². The van der Waals surface area contributed by atoms with E-state index < -0.39 is 11.6 Å². The number of likely N-dealkylation sites (tertiary alicyclic amines) is 1. The van der Waals surface area contributed by atoms with E-state index in [4.69, 9.17) is 5.73 Å². The third-order valence-corrected chi connectivity index (χ3v) is 6.82. The number of aromatic nitrogens is 1. The summed E-state index contributed by atoms with van der Waals surface area (Å²) in [6.45, 7) is 5.27. The summed E-state index contributed by atoms with van der Waals surface area (Å²) in [7, 11) is 0. The highest BCUT2D eigenvalue weighted by molar-refractivity contribution is 5.93. The van der Waals surface area contributed by atoms with Gasteiger partial charge in [-0.15, -0.1) is 0 Å². The largest absolute Gasteiger partial charge is 0.361 e. The first-order valence-electron chi connectivity index (χ1n) is 12.9. The molecule has 2 heterocycles. The molecule has 1 saturated heterocycles. The van der Waals surface area contributed by atoms with Crippen LogP contribution in [0.25, 0.3) is 10.9 Å². The molecule has 0 radical (unpaired) electrons. The van der Waals surface area contributed by atoms with Gasteiger partial charge in [-0.25, -0.2) is 0 Å². The first kappa shape index (κ1) is 25.7. The fourth-order valence-electron chi connectivity index (χ4n) is 5.01. The maximum absolute atomic E-state index is 13.8. The molecule has 2 atom stereocenters. The summed E-state index contributed by atoms with van der Waals surface area (Å²) >= 11 is 0. The fraction of sp³-hybridized carbons (Fsp3) is 0.400. The molecule has 1 aliphatic rings. The molecule has 4 rings (SSSR count). The van der Waals surface area contributed by atoms with Crippen LogP contribution in [0.5, 0.6) is 0 Å².